The molecule has 0 aliphatic carbocycles. The Hall–Kier alpha value is -2.64. The average Bonchev–Trinajstić information content (AvgIpc) is 3.33. The number of hydrogen-bond acceptors (Lipinski definition) is 4. The highest BCUT2D eigenvalue weighted by molar-refractivity contribution is 6.33. The number of ether oxygens (including phenoxy) is 1. The van der Waals surface area contributed by atoms with Crippen molar-refractivity contribution in [1.82, 2.24) is 24.5 Å². The first-order chi connectivity index (χ1) is 14.1. The molecule has 0 bridgehead atoms. The minimum atomic E-state index is -0.432. The van der Waals surface area contributed by atoms with E-state index in [1.165, 1.54) is 5.56 Å². The third-order valence-electron chi connectivity index (χ3n) is 5.84. The fourth-order valence-electron chi connectivity index (χ4n) is 4.32. The van der Waals surface area contributed by atoms with Crippen LogP contribution >= 0.6 is 11.6 Å². The second-order valence-electron chi connectivity index (χ2n) is 7.67. The van der Waals surface area contributed by atoms with Gasteiger partial charge in [-0.3, -0.25) is 9.48 Å². The van der Waals surface area contributed by atoms with Gasteiger partial charge in [0.15, 0.2) is 5.69 Å². The van der Waals surface area contributed by atoms with Crippen LogP contribution in [0, 0.1) is 0 Å². The highest BCUT2D eigenvalue weighted by atomic mass is 35.5. The lowest BCUT2D eigenvalue weighted by Gasteiger charge is -2.42. The molecule has 0 radical (unpaired) electrons. The monoisotopic (exact) mass is 411 g/mol. The SMILES string of the molecule is Cn1cc(Cl)c(C(=O)N2CCC3(CC2)OCCc2cn(-c4ccccc4)nc23)n1. The number of rotatable bonds is 2. The maximum atomic E-state index is 12.8. The first-order valence-corrected chi connectivity index (χ1v) is 10.2. The van der Waals surface area contributed by atoms with Crippen LogP contribution in [0.1, 0.15) is 34.6 Å². The lowest BCUT2D eigenvalue weighted by Crippen LogP contribution is -2.48. The zero-order chi connectivity index (χ0) is 20.0. The van der Waals surface area contributed by atoms with Gasteiger partial charge in [-0.2, -0.15) is 10.2 Å². The number of fused-ring (bicyclic) bond motifs is 2. The first-order valence-electron chi connectivity index (χ1n) is 9.83. The van der Waals surface area contributed by atoms with E-state index in [9.17, 15) is 4.79 Å². The number of nitrogens with zero attached hydrogens (tertiary/aromatic N) is 5. The molecule has 7 nitrogen and oxygen atoms in total. The number of para-hydroxylation sites is 1. The number of carbonyl (C=O) groups is 1. The zero-order valence-corrected chi connectivity index (χ0v) is 17.0. The summed E-state index contributed by atoms with van der Waals surface area (Å²) in [5.41, 5.74) is 3.15. The third kappa shape index (κ3) is 3.14. The Morgan fingerprint density at radius 3 is 2.59 bits per heavy atom. The van der Waals surface area contributed by atoms with Crippen molar-refractivity contribution in [2.75, 3.05) is 19.7 Å². The van der Waals surface area contributed by atoms with Crippen LogP contribution in [0.2, 0.25) is 5.02 Å². The van der Waals surface area contributed by atoms with Gasteiger partial charge < -0.3 is 9.64 Å². The Bertz CT molecular complexity index is 1050. The van der Waals surface area contributed by atoms with Gasteiger partial charge in [-0.05, 0) is 37.0 Å². The van der Waals surface area contributed by atoms with Crippen LogP contribution in [0.5, 0.6) is 0 Å². The number of aryl methyl sites for hydroxylation is 1. The Balaban J connectivity index is 1.38. The van der Waals surface area contributed by atoms with E-state index < -0.39 is 5.60 Å². The summed E-state index contributed by atoms with van der Waals surface area (Å²) in [5, 5.41) is 9.49. The van der Waals surface area contributed by atoms with Gasteiger partial charge in [-0.25, -0.2) is 4.68 Å². The second kappa shape index (κ2) is 7.00. The maximum Gasteiger partial charge on any atom is 0.275 e. The number of aromatic nitrogens is 4. The molecule has 3 aromatic rings. The van der Waals surface area contributed by atoms with Gasteiger partial charge in [-0.1, -0.05) is 29.8 Å². The van der Waals surface area contributed by atoms with Gasteiger partial charge in [0.25, 0.3) is 5.91 Å². The summed E-state index contributed by atoms with van der Waals surface area (Å²) in [7, 11) is 1.76. The molecule has 29 heavy (non-hydrogen) atoms. The number of benzene rings is 1. The van der Waals surface area contributed by atoms with E-state index in [0.29, 0.717) is 43.3 Å². The van der Waals surface area contributed by atoms with E-state index >= 15 is 0 Å². The van der Waals surface area contributed by atoms with Crippen LogP contribution in [0.4, 0.5) is 0 Å². The predicted molar refractivity (Wildman–Crippen MR) is 108 cm³/mol. The fraction of sp³-hybridized carbons (Fsp3) is 0.381. The van der Waals surface area contributed by atoms with Crippen molar-refractivity contribution >= 4 is 17.5 Å². The Morgan fingerprint density at radius 2 is 1.90 bits per heavy atom. The summed E-state index contributed by atoms with van der Waals surface area (Å²) in [6, 6.07) is 10.1. The molecule has 0 saturated carbocycles. The standard InChI is InChI=1S/C21H22ClN5O2/c1-25-14-17(22)18(23-25)20(28)26-10-8-21(9-11-26)19-15(7-12-29-21)13-27(24-19)16-5-3-2-4-6-16/h2-6,13-14H,7-12H2,1H3. The Kier molecular flexibility index (Phi) is 4.44. The molecule has 1 amide bonds. The normalized spacial score (nSPS) is 18.1. The molecule has 150 valence electrons. The molecule has 1 aromatic carbocycles. The van der Waals surface area contributed by atoms with Crippen molar-refractivity contribution in [2.45, 2.75) is 24.9 Å². The number of amides is 1. The van der Waals surface area contributed by atoms with Crippen LogP contribution < -0.4 is 0 Å². The van der Waals surface area contributed by atoms with Crippen molar-refractivity contribution in [2.24, 2.45) is 7.05 Å². The molecule has 0 N–H and O–H groups in total. The molecular formula is C21H22ClN5O2. The van der Waals surface area contributed by atoms with Crippen LogP contribution in [0.3, 0.4) is 0 Å². The van der Waals surface area contributed by atoms with Crippen molar-refractivity contribution in [3.05, 3.63) is 64.7 Å². The summed E-state index contributed by atoms with van der Waals surface area (Å²) >= 11 is 6.16. The van der Waals surface area contributed by atoms with E-state index in [2.05, 4.69) is 11.3 Å². The molecule has 0 atom stereocenters. The van der Waals surface area contributed by atoms with Crippen LogP contribution in [-0.4, -0.2) is 50.1 Å². The van der Waals surface area contributed by atoms with Crippen LogP contribution in [-0.2, 0) is 23.8 Å². The Labute approximate surface area is 173 Å². The molecule has 1 fully saturated rings. The largest absolute Gasteiger partial charge is 0.368 e. The lowest BCUT2D eigenvalue weighted by atomic mass is 9.83. The van der Waals surface area contributed by atoms with Gasteiger partial charge >= 0.3 is 0 Å². The summed E-state index contributed by atoms with van der Waals surface area (Å²) < 4.78 is 9.78. The predicted octanol–water partition coefficient (Wildman–Crippen LogP) is 2.96. The number of likely N-dealkylation sites (tertiary alicyclic amines) is 1. The van der Waals surface area contributed by atoms with E-state index in [4.69, 9.17) is 21.4 Å². The number of hydrogen-bond donors (Lipinski definition) is 0. The summed E-state index contributed by atoms with van der Waals surface area (Å²) in [6.45, 7) is 1.85. The molecule has 2 aliphatic heterocycles. The van der Waals surface area contributed by atoms with Crippen molar-refractivity contribution in [3.8, 4) is 5.69 Å². The zero-order valence-electron chi connectivity index (χ0n) is 16.2. The van der Waals surface area contributed by atoms with E-state index in [-0.39, 0.29) is 5.91 Å². The quantitative estimate of drug-likeness (QED) is 0.650. The molecule has 0 unspecified atom stereocenters. The van der Waals surface area contributed by atoms with Crippen LogP contribution in [0.25, 0.3) is 5.69 Å². The third-order valence-corrected chi connectivity index (χ3v) is 6.11. The molecule has 1 saturated heterocycles. The van der Waals surface area contributed by atoms with Gasteiger partial charge in [-0.15, -0.1) is 0 Å². The highest BCUT2D eigenvalue weighted by Gasteiger charge is 2.44. The maximum absolute atomic E-state index is 12.8. The number of piperidine rings is 1. The lowest BCUT2D eigenvalue weighted by molar-refractivity contribution is -0.0963. The molecule has 8 heteroatoms. The summed E-state index contributed by atoms with van der Waals surface area (Å²) in [5.74, 6) is -0.128. The Morgan fingerprint density at radius 1 is 1.14 bits per heavy atom. The van der Waals surface area contributed by atoms with Gasteiger partial charge in [0.2, 0.25) is 0 Å². The minimum Gasteiger partial charge on any atom is -0.368 e. The van der Waals surface area contributed by atoms with E-state index in [1.54, 1.807) is 17.9 Å². The van der Waals surface area contributed by atoms with Gasteiger partial charge in [0.1, 0.15) is 5.60 Å². The molecule has 2 aromatic heterocycles. The van der Waals surface area contributed by atoms with E-state index in [1.807, 2.05) is 39.9 Å². The molecular weight excluding hydrogens is 390 g/mol. The topological polar surface area (TPSA) is 65.2 Å². The van der Waals surface area contributed by atoms with E-state index in [0.717, 1.165) is 17.8 Å². The smallest absolute Gasteiger partial charge is 0.275 e. The second-order valence-corrected chi connectivity index (χ2v) is 8.07. The molecule has 4 heterocycles. The summed E-state index contributed by atoms with van der Waals surface area (Å²) in [4.78, 5) is 14.7. The molecule has 1 spiro atoms. The van der Waals surface area contributed by atoms with Gasteiger partial charge in [0, 0.05) is 32.5 Å². The first kappa shape index (κ1) is 18.4. The van der Waals surface area contributed by atoms with Crippen LogP contribution in [0.15, 0.2) is 42.7 Å². The van der Waals surface area contributed by atoms with Gasteiger partial charge in [0.05, 0.1) is 23.0 Å². The minimum absolute atomic E-state index is 0.128. The molecule has 5 rings (SSSR count). The van der Waals surface area contributed by atoms with Crippen molar-refractivity contribution in [1.29, 1.82) is 0 Å². The number of halogens is 1. The highest BCUT2D eigenvalue weighted by Crippen LogP contribution is 2.41. The fourth-order valence-corrected chi connectivity index (χ4v) is 4.58. The average molecular weight is 412 g/mol. The molecule has 2 aliphatic rings. The van der Waals surface area contributed by atoms with Crippen molar-refractivity contribution in [3.63, 3.8) is 0 Å². The van der Waals surface area contributed by atoms with Crippen molar-refractivity contribution < 1.29 is 9.53 Å². The number of carbonyl (C=O) groups excluding carboxylic acids is 1. The summed E-state index contributed by atoms with van der Waals surface area (Å²) in [6.07, 6.45) is 6.03.